The number of alkyl halides is 3. The van der Waals surface area contributed by atoms with Crippen LogP contribution in [0.5, 0.6) is 0 Å². The minimum absolute atomic E-state index is 0.199. The summed E-state index contributed by atoms with van der Waals surface area (Å²) in [4.78, 5) is 12.0. The molecule has 0 fully saturated rings. The van der Waals surface area contributed by atoms with Gasteiger partial charge in [0.05, 0.1) is 11.1 Å². The molecule has 0 amide bonds. The molecule has 0 spiro atoms. The molecule has 2 aromatic rings. The van der Waals surface area contributed by atoms with Crippen LogP contribution in [0.25, 0.3) is 0 Å². The van der Waals surface area contributed by atoms with Gasteiger partial charge in [-0.3, -0.25) is 4.79 Å². The molecule has 0 aliphatic carbocycles. The Kier molecular flexibility index (Phi) is 4.32. The molecule has 0 aromatic heterocycles. The second kappa shape index (κ2) is 5.85. The van der Waals surface area contributed by atoms with Crippen LogP contribution < -0.4 is 0 Å². The van der Waals surface area contributed by atoms with Gasteiger partial charge in [-0.15, -0.1) is 0 Å². The Morgan fingerprint density at radius 3 is 2.24 bits per heavy atom. The van der Waals surface area contributed by atoms with Crippen LogP contribution in [0.3, 0.4) is 0 Å². The van der Waals surface area contributed by atoms with E-state index in [1.165, 1.54) is 0 Å². The summed E-state index contributed by atoms with van der Waals surface area (Å²) in [6.45, 7) is 0. The average molecular weight is 317 g/mol. The molecule has 0 saturated carbocycles. The number of rotatable bonds is 3. The first-order valence-corrected chi connectivity index (χ1v) is 6.29. The van der Waals surface area contributed by atoms with Gasteiger partial charge >= 0.3 is 6.18 Å². The lowest BCUT2D eigenvalue weighted by Crippen LogP contribution is -2.11. The Morgan fingerprint density at radius 1 is 1.05 bits per heavy atom. The van der Waals surface area contributed by atoms with Crippen molar-refractivity contribution in [2.75, 3.05) is 0 Å². The van der Waals surface area contributed by atoms with Crippen LogP contribution >= 0.6 is 11.6 Å². The number of benzene rings is 2. The summed E-state index contributed by atoms with van der Waals surface area (Å²) in [5.74, 6) is -1.69. The maximum Gasteiger partial charge on any atom is 0.416 e. The van der Waals surface area contributed by atoms with Crippen molar-refractivity contribution in [1.29, 1.82) is 0 Å². The fourth-order valence-corrected chi connectivity index (χ4v) is 1.92. The van der Waals surface area contributed by atoms with E-state index in [2.05, 4.69) is 0 Å². The Bertz CT molecular complexity index is 662. The molecule has 110 valence electrons. The second-order valence-corrected chi connectivity index (χ2v) is 4.86. The summed E-state index contributed by atoms with van der Waals surface area (Å²) in [6.07, 6.45) is -4.82. The van der Waals surface area contributed by atoms with Crippen molar-refractivity contribution in [3.8, 4) is 0 Å². The van der Waals surface area contributed by atoms with Gasteiger partial charge in [0.1, 0.15) is 5.82 Å². The average Bonchev–Trinajstić information content (AvgIpc) is 2.40. The molecular formula is C15H9ClF4O. The highest BCUT2D eigenvalue weighted by atomic mass is 35.5. The van der Waals surface area contributed by atoms with Gasteiger partial charge in [0, 0.05) is 11.4 Å². The van der Waals surface area contributed by atoms with E-state index in [0.717, 1.165) is 0 Å². The minimum atomic E-state index is -4.62. The van der Waals surface area contributed by atoms with Crippen molar-refractivity contribution >= 4 is 17.4 Å². The third-order valence-electron chi connectivity index (χ3n) is 2.87. The molecule has 2 rings (SSSR count). The van der Waals surface area contributed by atoms with E-state index >= 15 is 0 Å². The molecule has 0 N–H and O–H groups in total. The van der Waals surface area contributed by atoms with Crippen molar-refractivity contribution in [2.24, 2.45) is 0 Å². The minimum Gasteiger partial charge on any atom is -0.294 e. The predicted octanol–water partition coefficient (Wildman–Crippen LogP) is 4.92. The van der Waals surface area contributed by atoms with Crippen molar-refractivity contribution in [3.05, 3.63) is 70.0 Å². The topological polar surface area (TPSA) is 17.1 Å². The Morgan fingerprint density at radius 2 is 1.67 bits per heavy atom. The first-order valence-electron chi connectivity index (χ1n) is 5.92. The fourth-order valence-electron chi connectivity index (χ4n) is 1.80. The highest BCUT2D eigenvalue weighted by Crippen LogP contribution is 2.30. The van der Waals surface area contributed by atoms with Crippen molar-refractivity contribution in [1.82, 2.24) is 0 Å². The molecule has 0 aliphatic rings. The first kappa shape index (κ1) is 15.5. The lowest BCUT2D eigenvalue weighted by molar-refractivity contribution is -0.137. The molecular weight excluding hydrogens is 308 g/mol. The highest BCUT2D eigenvalue weighted by molar-refractivity contribution is 6.30. The maximum atomic E-state index is 13.6. The van der Waals surface area contributed by atoms with Gasteiger partial charge in [-0.1, -0.05) is 23.7 Å². The van der Waals surface area contributed by atoms with Gasteiger partial charge in [0.25, 0.3) is 0 Å². The van der Waals surface area contributed by atoms with Crippen molar-refractivity contribution in [2.45, 2.75) is 12.6 Å². The molecule has 6 heteroatoms. The Balaban J connectivity index is 2.28. The van der Waals surface area contributed by atoms with Crippen LogP contribution in [0.2, 0.25) is 5.02 Å². The zero-order valence-electron chi connectivity index (χ0n) is 10.5. The van der Waals surface area contributed by atoms with E-state index < -0.39 is 28.9 Å². The SMILES string of the molecule is O=C(Cc1ccc(Cl)cc1)c1cc(C(F)(F)F)ccc1F. The van der Waals surface area contributed by atoms with Crippen LogP contribution in [0, 0.1) is 5.82 Å². The maximum absolute atomic E-state index is 13.6. The zero-order chi connectivity index (χ0) is 15.6. The Hall–Kier alpha value is -1.88. The molecule has 0 saturated heterocycles. The number of Topliss-reactive ketones (excluding diaryl/α,β-unsaturated/α-hetero) is 1. The summed E-state index contributed by atoms with van der Waals surface area (Å²) < 4.78 is 51.3. The third kappa shape index (κ3) is 3.82. The van der Waals surface area contributed by atoms with Crippen LogP contribution in [0.4, 0.5) is 17.6 Å². The lowest BCUT2D eigenvalue weighted by atomic mass is 10.0. The van der Waals surface area contributed by atoms with Gasteiger partial charge < -0.3 is 0 Å². The molecule has 0 aliphatic heterocycles. The zero-order valence-corrected chi connectivity index (χ0v) is 11.3. The first-order chi connectivity index (χ1) is 9.77. The van der Waals surface area contributed by atoms with E-state index in [1.54, 1.807) is 24.3 Å². The van der Waals surface area contributed by atoms with E-state index in [9.17, 15) is 22.4 Å². The number of carbonyl (C=O) groups excluding carboxylic acids is 1. The quantitative estimate of drug-likeness (QED) is 0.580. The van der Waals surface area contributed by atoms with Gasteiger partial charge in [0.2, 0.25) is 0 Å². The predicted molar refractivity (Wildman–Crippen MR) is 70.9 cm³/mol. The van der Waals surface area contributed by atoms with Crippen molar-refractivity contribution < 1.29 is 22.4 Å². The molecule has 1 nitrogen and oxygen atoms in total. The molecule has 2 aromatic carbocycles. The van der Waals surface area contributed by atoms with E-state index in [4.69, 9.17) is 11.6 Å². The van der Waals surface area contributed by atoms with Crippen LogP contribution in [-0.4, -0.2) is 5.78 Å². The van der Waals surface area contributed by atoms with E-state index in [1.807, 2.05) is 0 Å². The third-order valence-corrected chi connectivity index (χ3v) is 3.12. The second-order valence-electron chi connectivity index (χ2n) is 4.42. The normalized spacial score (nSPS) is 11.5. The molecule has 0 atom stereocenters. The number of ketones is 1. The van der Waals surface area contributed by atoms with E-state index in [0.29, 0.717) is 28.8 Å². The number of hydrogen-bond donors (Lipinski definition) is 0. The summed E-state index contributed by atoms with van der Waals surface area (Å²) in [7, 11) is 0. The van der Waals surface area contributed by atoms with Gasteiger partial charge in [-0.05, 0) is 35.9 Å². The summed E-state index contributed by atoms with van der Waals surface area (Å²) >= 11 is 5.69. The highest BCUT2D eigenvalue weighted by Gasteiger charge is 2.31. The molecule has 0 unspecified atom stereocenters. The van der Waals surface area contributed by atoms with Crippen LogP contribution in [-0.2, 0) is 12.6 Å². The molecule has 0 bridgehead atoms. The molecule has 0 heterocycles. The Labute approximate surface area is 123 Å². The summed E-state index contributed by atoms with van der Waals surface area (Å²) in [6, 6.07) is 8.01. The van der Waals surface area contributed by atoms with E-state index in [-0.39, 0.29) is 6.42 Å². The molecule has 21 heavy (non-hydrogen) atoms. The van der Waals surface area contributed by atoms with Gasteiger partial charge in [-0.2, -0.15) is 13.2 Å². The molecule has 0 radical (unpaired) electrons. The fraction of sp³-hybridized carbons (Fsp3) is 0.133. The van der Waals surface area contributed by atoms with Gasteiger partial charge in [-0.25, -0.2) is 4.39 Å². The van der Waals surface area contributed by atoms with Gasteiger partial charge in [0.15, 0.2) is 5.78 Å². The standard InChI is InChI=1S/C15H9ClF4O/c16-11-4-1-9(2-5-11)7-14(21)12-8-10(15(18,19)20)3-6-13(12)17/h1-6,8H,7H2. The monoisotopic (exact) mass is 316 g/mol. The number of carbonyl (C=O) groups is 1. The van der Waals surface area contributed by atoms with Crippen molar-refractivity contribution in [3.63, 3.8) is 0 Å². The lowest BCUT2D eigenvalue weighted by Gasteiger charge is -2.09. The summed E-state index contributed by atoms with van der Waals surface area (Å²) in [5.41, 5.74) is -1.08. The van der Waals surface area contributed by atoms with Crippen LogP contribution in [0.1, 0.15) is 21.5 Å². The van der Waals surface area contributed by atoms with Crippen LogP contribution in [0.15, 0.2) is 42.5 Å². The number of halogens is 5. The largest absolute Gasteiger partial charge is 0.416 e. The summed E-state index contributed by atoms with van der Waals surface area (Å²) in [5, 5.41) is 0.469. The number of hydrogen-bond acceptors (Lipinski definition) is 1. The smallest absolute Gasteiger partial charge is 0.294 e.